The Balaban J connectivity index is 1.64. The molecule has 0 unspecified atom stereocenters. The Hall–Kier alpha value is -3.12. The monoisotopic (exact) mass is 391 g/mol. The number of benzene rings is 2. The van der Waals surface area contributed by atoms with Crippen LogP contribution in [0.1, 0.15) is 23.7 Å². The Labute approximate surface area is 172 Å². The summed E-state index contributed by atoms with van der Waals surface area (Å²) in [6.07, 6.45) is 1.69. The van der Waals surface area contributed by atoms with Crippen molar-refractivity contribution in [3.8, 4) is 11.5 Å². The van der Waals surface area contributed by atoms with E-state index < -0.39 is 0 Å². The fraction of sp³-hybridized carbons (Fsp3) is 0.304. The van der Waals surface area contributed by atoms with Crippen LogP contribution in [-0.4, -0.2) is 36.5 Å². The van der Waals surface area contributed by atoms with Gasteiger partial charge in [-0.25, -0.2) is 9.98 Å². The van der Waals surface area contributed by atoms with Crippen LogP contribution in [0.2, 0.25) is 0 Å². The first-order chi connectivity index (χ1) is 14.2. The minimum Gasteiger partial charge on any atom is -0.444 e. The first kappa shape index (κ1) is 20.6. The van der Waals surface area contributed by atoms with Crippen LogP contribution in [0.5, 0.6) is 0 Å². The molecule has 0 aliphatic carbocycles. The standard InChI is InChI=1S/C23H29N5O/c1-4-24-23(25-14-19-12-8-9-13-20(19)16-28(2)3)26-15-21-17-29-22(27-21)18-10-6-5-7-11-18/h5-13,17H,4,14-16H2,1-3H3,(H2,24,25,26). The van der Waals surface area contributed by atoms with Crippen LogP contribution in [0, 0.1) is 0 Å². The maximum absolute atomic E-state index is 5.61. The molecule has 0 spiro atoms. The smallest absolute Gasteiger partial charge is 0.226 e. The lowest BCUT2D eigenvalue weighted by atomic mass is 10.1. The highest BCUT2D eigenvalue weighted by Crippen LogP contribution is 2.17. The molecule has 1 heterocycles. The van der Waals surface area contributed by atoms with Gasteiger partial charge >= 0.3 is 0 Å². The van der Waals surface area contributed by atoms with Gasteiger partial charge in [-0.3, -0.25) is 0 Å². The third-order valence-electron chi connectivity index (χ3n) is 4.37. The highest BCUT2D eigenvalue weighted by atomic mass is 16.3. The van der Waals surface area contributed by atoms with E-state index in [1.807, 2.05) is 30.3 Å². The number of aliphatic imine (C=N–C) groups is 1. The van der Waals surface area contributed by atoms with Gasteiger partial charge in [0.15, 0.2) is 5.96 Å². The summed E-state index contributed by atoms with van der Waals surface area (Å²) in [6, 6.07) is 18.3. The Morgan fingerprint density at radius 2 is 1.72 bits per heavy atom. The van der Waals surface area contributed by atoms with Crippen LogP contribution < -0.4 is 10.6 Å². The molecule has 0 radical (unpaired) electrons. The number of nitrogens with zero attached hydrogens (tertiary/aromatic N) is 3. The molecule has 0 saturated carbocycles. The second-order valence-electron chi connectivity index (χ2n) is 7.07. The summed E-state index contributed by atoms with van der Waals surface area (Å²) >= 11 is 0. The minimum absolute atomic E-state index is 0.543. The number of oxazole rings is 1. The lowest BCUT2D eigenvalue weighted by Crippen LogP contribution is -2.36. The summed E-state index contributed by atoms with van der Waals surface area (Å²) in [4.78, 5) is 11.5. The van der Waals surface area contributed by atoms with Crippen LogP contribution in [-0.2, 0) is 19.6 Å². The molecule has 29 heavy (non-hydrogen) atoms. The van der Waals surface area contributed by atoms with Gasteiger partial charge in [0.1, 0.15) is 6.26 Å². The van der Waals surface area contributed by atoms with Crippen molar-refractivity contribution in [1.82, 2.24) is 20.5 Å². The third-order valence-corrected chi connectivity index (χ3v) is 4.37. The molecule has 0 aliphatic rings. The molecule has 0 aliphatic heterocycles. The first-order valence-electron chi connectivity index (χ1n) is 9.89. The Kier molecular flexibility index (Phi) is 7.41. The zero-order chi connectivity index (χ0) is 20.5. The average molecular weight is 392 g/mol. The van der Waals surface area contributed by atoms with Gasteiger partial charge in [-0.05, 0) is 44.3 Å². The van der Waals surface area contributed by atoms with E-state index in [4.69, 9.17) is 9.41 Å². The summed E-state index contributed by atoms with van der Waals surface area (Å²) in [7, 11) is 4.15. The van der Waals surface area contributed by atoms with Crippen molar-refractivity contribution >= 4 is 5.96 Å². The summed E-state index contributed by atoms with van der Waals surface area (Å²) < 4.78 is 5.61. The van der Waals surface area contributed by atoms with Crippen molar-refractivity contribution < 1.29 is 4.42 Å². The number of rotatable bonds is 8. The molecule has 0 atom stereocenters. The highest BCUT2D eigenvalue weighted by molar-refractivity contribution is 5.79. The molecule has 1 aromatic heterocycles. The molecule has 6 heteroatoms. The van der Waals surface area contributed by atoms with Gasteiger partial charge < -0.3 is 20.0 Å². The second kappa shape index (κ2) is 10.4. The van der Waals surface area contributed by atoms with Crippen molar-refractivity contribution in [3.05, 3.63) is 77.7 Å². The average Bonchev–Trinajstić information content (AvgIpc) is 3.20. The molecule has 0 bridgehead atoms. The van der Waals surface area contributed by atoms with Crippen molar-refractivity contribution in [3.63, 3.8) is 0 Å². The molecular weight excluding hydrogens is 362 g/mol. The summed E-state index contributed by atoms with van der Waals surface area (Å²) in [6.45, 7) is 4.91. The Morgan fingerprint density at radius 3 is 2.45 bits per heavy atom. The van der Waals surface area contributed by atoms with Gasteiger partial charge in [0.2, 0.25) is 5.89 Å². The lowest BCUT2D eigenvalue weighted by Gasteiger charge is -2.14. The van der Waals surface area contributed by atoms with Gasteiger partial charge in [-0.15, -0.1) is 0 Å². The summed E-state index contributed by atoms with van der Waals surface area (Å²) in [5, 5.41) is 6.63. The van der Waals surface area contributed by atoms with Crippen molar-refractivity contribution in [2.24, 2.45) is 4.99 Å². The van der Waals surface area contributed by atoms with Gasteiger partial charge in [-0.2, -0.15) is 0 Å². The third kappa shape index (κ3) is 6.19. The van der Waals surface area contributed by atoms with Crippen molar-refractivity contribution in [2.75, 3.05) is 20.6 Å². The van der Waals surface area contributed by atoms with Crippen LogP contribution in [0.4, 0.5) is 0 Å². The van der Waals surface area contributed by atoms with E-state index in [0.717, 1.165) is 30.3 Å². The van der Waals surface area contributed by atoms with E-state index in [0.29, 0.717) is 19.0 Å². The molecule has 3 aromatic rings. The largest absolute Gasteiger partial charge is 0.444 e. The molecule has 2 aromatic carbocycles. The van der Waals surface area contributed by atoms with E-state index in [2.05, 4.69) is 65.8 Å². The summed E-state index contributed by atoms with van der Waals surface area (Å²) in [5.74, 6) is 1.39. The normalized spacial score (nSPS) is 11.7. The van der Waals surface area contributed by atoms with Gasteiger partial charge in [-0.1, -0.05) is 42.5 Å². The SMILES string of the molecule is CCNC(=NCc1ccccc1CN(C)C)NCc1coc(-c2ccccc2)n1. The fourth-order valence-electron chi connectivity index (χ4n) is 2.99. The quantitative estimate of drug-likeness (QED) is 0.453. The Morgan fingerprint density at radius 1 is 1.00 bits per heavy atom. The predicted octanol–water partition coefficient (Wildman–Crippen LogP) is 3.66. The van der Waals surface area contributed by atoms with Crippen LogP contribution in [0.15, 0.2) is 70.3 Å². The fourth-order valence-corrected chi connectivity index (χ4v) is 2.99. The first-order valence-corrected chi connectivity index (χ1v) is 9.89. The lowest BCUT2D eigenvalue weighted by molar-refractivity contribution is 0.401. The predicted molar refractivity (Wildman–Crippen MR) is 117 cm³/mol. The van der Waals surface area contributed by atoms with Crippen molar-refractivity contribution in [1.29, 1.82) is 0 Å². The molecular formula is C23H29N5O. The zero-order valence-electron chi connectivity index (χ0n) is 17.4. The second-order valence-corrected chi connectivity index (χ2v) is 7.07. The van der Waals surface area contributed by atoms with Gasteiger partial charge in [0.25, 0.3) is 0 Å². The molecule has 0 fully saturated rings. The van der Waals surface area contributed by atoms with E-state index in [9.17, 15) is 0 Å². The number of nitrogens with one attached hydrogen (secondary N) is 2. The van der Waals surface area contributed by atoms with E-state index in [1.54, 1.807) is 6.26 Å². The van der Waals surface area contributed by atoms with Crippen molar-refractivity contribution in [2.45, 2.75) is 26.6 Å². The number of hydrogen-bond donors (Lipinski definition) is 2. The number of aromatic nitrogens is 1. The molecule has 0 saturated heterocycles. The molecule has 2 N–H and O–H groups in total. The van der Waals surface area contributed by atoms with Gasteiger partial charge in [0.05, 0.1) is 18.8 Å². The van der Waals surface area contributed by atoms with E-state index in [1.165, 1.54) is 11.1 Å². The maximum atomic E-state index is 5.61. The molecule has 0 amide bonds. The van der Waals surface area contributed by atoms with E-state index in [-0.39, 0.29) is 0 Å². The maximum Gasteiger partial charge on any atom is 0.226 e. The minimum atomic E-state index is 0.543. The summed E-state index contributed by atoms with van der Waals surface area (Å²) in [5.41, 5.74) is 4.33. The van der Waals surface area contributed by atoms with Gasteiger partial charge in [0, 0.05) is 18.7 Å². The number of hydrogen-bond acceptors (Lipinski definition) is 4. The number of guanidine groups is 1. The van der Waals surface area contributed by atoms with Crippen LogP contribution >= 0.6 is 0 Å². The van der Waals surface area contributed by atoms with Crippen LogP contribution in [0.25, 0.3) is 11.5 Å². The Bertz CT molecular complexity index is 918. The zero-order valence-corrected chi connectivity index (χ0v) is 17.4. The molecule has 6 nitrogen and oxygen atoms in total. The molecule has 3 rings (SSSR count). The molecule has 152 valence electrons. The highest BCUT2D eigenvalue weighted by Gasteiger charge is 2.08. The van der Waals surface area contributed by atoms with E-state index >= 15 is 0 Å². The topological polar surface area (TPSA) is 65.7 Å². The van der Waals surface area contributed by atoms with Crippen LogP contribution in [0.3, 0.4) is 0 Å².